The fraction of sp³-hybridized carbons (Fsp3) is 0.381. The topological polar surface area (TPSA) is 82.1 Å². The Morgan fingerprint density at radius 2 is 1.81 bits per heavy atom. The minimum Gasteiger partial charge on any atom is -0.493 e. The fourth-order valence-corrected chi connectivity index (χ4v) is 5.57. The van der Waals surface area contributed by atoms with Crippen LogP contribution in [0.3, 0.4) is 0 Å². The van der Waals surface area contributed by atoms with Crippen molar-refractivity contribution in [3.63, 3.8) is 0 Å². The van der Waals surface area contributed by atoms with E-state index in [1.165, 1.54) is 56.6 Å². The second kappa shape index (κ2) is 9.32. The normalized spacial score (nSPS) is 17.3. The standard InChI is InChI=1S/C21H23ClFNO6S/c1-28-18-9-13(10-19(29-2)20(18)30-3)21(25)24(14-7-8-31(26,27)12-14)11-15-16(22)5-4-6-17(15)23/h4-6,9-10,14H,7-8,11-12H2,1-3H3. The summed E-state index contributed by atoms with van der Waals surface area (Å²) in [5, 5.41) is 0.156. The van der Waals surface area contributed by atoms with Crippen molar-refractivity contribution in [3.05, 3.63) is 52.3 Å². The first-order valence-electron chi connectivity index (χ1n) is 9.45. The number of nitrogens with zero attached hydrogens (tertiary/aromatic N) is 1. The number of methoxy groups -OCH3 is 3. The number of carbonyl (C=O) groups is 1. The van der Waals surface area contributed by atoms with E-state index < -0.39 is 27.6 Å². The molecule has 1 heterocycles. The average molecular weight is 472 g/mol. The molecule has 1 amide bonds. The fourth-order valence-electron chi connectivity index (χ4n) is 3.61. The van der Waals surface area contributed by atoms with Crippen molar-refractivity contribution in [3.8, 4) is 17.2 Å². The van der Waals surface area contributed by atoms with Gasteiger partial charge in [-0.3, -0.25) is 4.79 Å². The summed E-state index contributed by atoms with van der Waals surface area (Å²) in [4.78, 5) is 14.9. The molecule has 2 aromatic carbocycles. The van der Waals surface area contributed by atoms with Crippen LogP contribution in [-0.4, -0.2) is 58.1 Å². The predicted octanol–water partition coefficient (Wildman–Crippen LogP) is 3.33. The highest BCUT2D eigenvalue weighted by Crippen LogP contribution is 2.39. The first-order valence-corrected chi connectivity index (χ1v) is 11.6. The molecule has 1 aliphatic heterocycles. The Labute approximate surface area is 185 Å². The lowest BCUT2D eigenvalue weighted by Crippen LogP contribution is -2.41. The Morgan fingerprint density at radius 1 is 1.16 bits per heavy atom. The predicted molar refractivity (Wildman–Crippen MR) is 114 cm³/mol. The van der Waals surface area contributed by atoms with Crippen LogP contribution in [-0.2, 0) is 16.4 Å². The Balaban J connectivity index is 2.06. The summed E-state index contributed by atoms with van der Waals surface area (Å²) < 4.78 is 54.5. The van der Waals surface area contributed by atoms with E-state index in [-0.39, 0.29) is 52.1 Å². The Bertz CT molecular complexity index is 1050. The lowest BCUT2D eigenvalue weighted by Gasteiger charge is -2.29. The van der Waals surface area contributed by atoms with Gasteiger partial charge in [-0.25, -0.2) is 12.8 Å². The number of hydrogen-bond donors (Lipinski definition) is 0. The van der Waals surface area contributed by atoms with Gasteiger partial charge in [0.05, 0.1) is 39.4 Å². The van der Waals surface area contributed by atoms with Crippen LogP contribution in [0.5, 0.6) is 17.2 Å². The van der Waals surface area contributed by atoms with Crippen LogP contribution in [0.1, 0.15) is 22.3 Å². The van der Waals surface area contributed by atoms with Crippen LogP contribution in [0, 0.1) is 5.82 Å². The maximum atomic E-state index is 14.5. The van der Waals surface area contributed by atoms with E-state index in [1.807, 2.05) is 0 Å². The van der Waals surface area contributed by atoms with Gasteiger partial charge in [-0.05, 0) is 30.7 Å². The molecule has 0 radical (unpaired) electrons. The second-order valence-corrected chi connectivity index (χ2v) is 9.74. The molecule has 0 aliphatic carbocycles. The summed E-state index contributed by atoms with van der Waals surface area (Å²) in [5.41, 5.74) is 0.306. The molecule has 168 valence electrons. The SMILES string of the molecule is COc1cc(C(=O)N(Cc2c(F)cccc2Cl)C2CCS(=O)(=O)C2)cc(OC)c1OC. The molecule has 1 aliphatic rings. The van der Waals surface area contributed by atoms with E-state index in [1.54, 1.807) is 0 Å². The van der Waals surface area contributed by atoms with Crippen LogP contribution in [0.15, 0.2) is 30.3 Å². The van der Waals surface area contributed by atoms with Gasteiger partial charge in [-0.15, -0.1) is 0 Å². The number of carbonyl (C=O) groups excluding carboxylic acids is 1. The molecular formula is C21H23ClFNO6S. The van der Waals surface area contributed by atoms with E-state index in [2.05, 4.69) is 0 Å². The first kappa shape index (κ1) is 23.1. The Hall–Kier alpha value is -2.52. The first-order chi connectivity index (χ1) is 14.7. The van der Waals surface area contributed by atoms with Crippen LogP contribution < -0.4 is 14.2 Å². The number of sulfone groups is 1. The number of ether oxygens (including phenoxy) is 3. The van der Waals surface area contributed by atoms with Crippen molar-refractivity contribution < 1.29 is 31.8 Å². The van der Waals surface area contributed by atoms with Crippen molar-refractivity contribution in [1.82, 2.24) is 4.90 Å². The van der Waals surface area contributed by atoms with Gasteiger partial charge in [0.25, 0.3) is 5.91 Å². The number of benzene rings is 2. The van der Waals surface area contributed by atoms with Gasteiger partial charge >= 0.3 is 0 Å². The van der Waals surface area contributed by atoms with E-state index in [0.29, 0.717) is 5.75 Å². The summed E-state index contributed by atoms with van der Waals surface area (Å²) in [7, 11) is 0.992. The highest BCUT2D eigenvalue weighted by Gasteiger charge is 2.36. The summed E-state index contributed by atoms with van der Waals surface area (Å²) in [6.45, 7) is -0.179. The number of hydrogen-bond acceptors (Lipinski definition) is 6. The van der Waals surface area contributed by atoms with Gasteiger partial charge in [-0.2, -0.15) is 0 Å². The molecule has 0 bridgehead atoms. The van der Waals surface area contributed by atoms with Crippen molar-refractivity contribution in [2.45, 2.75) is 19.0 Å². The third-order valence-corrected chi connectivity index (χ3v) is 7.32. The van der Waals surface area contributed by atoms with E-state index in [9.17, 15) is 17.6 Å². The molecule has 3 rings (SSSR count). The molecule has 0 saturated carbocycles. The molecule has 2 aromatic rings. The van der Waals surface area contributed by atoms with Gasteiger partial charge in [0.15, 0.2) is 21.3 Å². The van der Waals surface area contributed by atoms with Crippen molar-refractivity contribution >= 4 is 27.3 Å². The molecule has 1 unspecified atom stereocenters. The lowest BCUT2D eigenvalue weighted by atomic mass is 10.1. The highest BCUT2D eigenvalue weighted by molar-refractivity contribution is 7.91. The lowest BCUT2D eigenvalue weighted by molar-refractivity contribution is 0.0678. The van der Waals surface area contributed by atoms with Crippen LogP contribution >= 0.6 is 11.6 Å². The van der Waals surface area contributed by atoms with Gasteiger partial charge < -0.3 is 19.1 Å². The van der Waals surface area contributed by atoms with Crippen molar-refractivity contribution in [1.29, 1.82) is 0 Å². The van der Waals surface area contributed by atoms with Crippen LogP contribution in [0.2, 0.25) is 5.02 Å². The number of rotatable bonds is 7. The maximum absolute atomic E-state index is 14.5. The second-order valence-electron chi connectivity index (χ2n) is 7.10. The zero-order valence-electron chi connectivity index (χ0n) is 17.4. The molecule has 1 atom stereocenters. The molecule has 1 fully saturated rings. The maximum Gasteiger partial charge on any atom is 0.254 e. The van der Waals surface area contributed by atoms with E-state index in [0.717, 1.165) is 0 Å². The van der Waals surface area contributed by atoms with E-state index >= 15 is 0 Å². The van der Waals surface area contributed by atoms with E-state index in [4.69, 9.17) is 25.8 Å². The molecule has 7 nitrogen and oxygen atoms in total. The van der Waals surface area contributed by atoms with Crippen molar-refractivity contribution in [2.24, 2.45) is 0 Å². The minimum atomic E-state index is -3.30. The highest BCUT2D eigenvalue weighted by atomic mass is 35.5. The molecule has 10 heteroatoms. The zero-order valence-corrected chi connectivity index (χ0v) is 18.9. The Morgan fingerprint density at radius 3 is 2.29 bits per heavy atom. The largest absolute Gasteiger partial charge is 0.493 e. The third-order valence-electron chi connectivity index (χ3n) is 5.21. The zero-order chi connectivity index (χ0) is 22.8. The number of amides is 1. The third kappa shape index (κ3) is 4.88. The summed E-state index contributed by atoms with van der Waals surface area (Å²) in [6.07, 6.45) is 0.255. The quantitative estimate of drug-likeness (QED) is 0.616. The van der Waals surface area contributed by atoms with Crippen molar-refractivity contribution in [2.75, 3.05) is 32.8 Å². The summed E-state index contributed by atoms with van der Waals surface area (Å²) >= 11 is 6.17. The summed E-state index contributed by atoms with van der Waals surface area (Å²) in [5.74, 6) is -0.455. The smallest absolute Gasteiger partial charge is 0.254 e. The summed E-state index contributed by atoms with van der Waals surface area (Å²) in [6, 6.07) is 6.56. The van der Waals surface area contributed by atoms with Gasteiger partial charge in [0.2, 0.25) is 5.75 Å². The Kier molecular flexibility index (Phi) is 6.96. The van der Waals surface area contributed by atoms with Gasteiger partial charge in [-0.1, -0.05) is 17.7 Å². The van der Waals surface area contributed by atoms with Crippen LogP contribution in [0.4, 0.5) is 4.39 Å². The molecule has 0 spiro atoms. The minimum absolute atomic E-state index is 0.0400. The molecular weight excluding hydrogens is 449 g/mol. The monoisotopic (exact) mass is 471 g/mol. The van der Waals surface area contributed by atoms with Gasteiger partial charge in [0.1, 0.15) is 5.82 Å². The van der Waals surface area contributed by atoms with Crippen LogP contribution in [0.25, 0.3) is 0 Å². The molecule has 1 saturated heterocycles. The molecule has 0 aromatic heterocycles. The molecule has 31 heavy (non-hydrogen) atoms. The van der Waals surface area contributed by atoms with Gasteiger partial charge in [0, 0.05) is 22.2 Å². The number of halogens is 2. The average Bonchev–Trinajstić information content (AvgIpc) is 3.11. The molecule has 0 N–H and O–H groups in total.